The van der Waals surface area contributed by atoms with E-state index in [9.17, 15) is 19.8 Å². The minimum atomic E-state index is -0.687. The topological polar surface area (TPSA) is 108 Å². The van der Waals surface area contributed by atoms with Gasteiger partial charge in [0.2, 0.25) is 5.91 Å². The van der Waals surface area contributed by atoms with Crippen molar-refractivity contribution in [1.29, 1.82) is 0 Å². The molecule has 3 unspecified atom stereocenters. The second-order valence-electron chi connectivity index (χ2n) is 8.80. The van der Waals surface area contributed by atoms with Gasteiger partial charge in [0, 0.05) is 24.4 Å². The lowest BCUT2D eigenvalue weighted by Gasteiger charge is -2.33. The number of alkyl carbamates (subject to hydrolysis) is 1. The number of methoxy groups -OCH3 is 1. The molecule has 2 rings (SSSR count). The predicted octanol–water partition coefficient (Wildman–Crippen LogP) is 2.24. The highest BCUT2D eigenvalue weighted by Crippen LogP contribution is 2.46. The molecular formula is C21H32N2O6. The smallest absolute Gasteiger partial charge is 0.408 e. The van der Waals surface area contributed by atoms with Crippen LogP contribution in [0.1, 0.15) is 46.1 Å². The number of benzene rings is 1. The van der Waals surface area contributed by atoms with E-state index in [1.165, 1.54) is 7.11 Å². The summed E-state index contributed by atoms with van der Waals surface area (Å²) in [6, 6.07) is 5.11. The number of ether oxygens (including phenoxy) is 2. The van der Waals surface area contributed by atoms with Crippen LogP contribution in [0, 0.1) is 5.41 Å². The number of rotatable bonds is 5. The Kier molecular flexibility index (Phi) is 6.67. The lowest BCUT2D eigenvalue weighted by atomic mass is 9.72. The van der Waals surface area contributed by atoms with Crippen molar-refractivity contribution in [1.82, 2.24) is 10.2 Å². The average Bonchev–Trinajstić information content (AvgIpc) is 2.97. The lowest BCUT2D eigenvalue weighted by Crippen LogP contribution is -2.42. The zero-order valence-corrected chi connectivity index (χ0v) is 18.0. The van der Waals surface area contributed by atoms with Crippen LogP contribution in [0.2, 0.25) is 0 Å². The minimum absolute atomic E-state index is 0.00862. The zero-order valence-electron chi connectivity index (χ0n) is 18.0. The van der Waals surface area contributed by atoms with Crippen LogP contribution in [0.3, 0.4) is 0 Å². The average molecular weight is 408 g/mol. The van der Waals surface area contributed by atoms with Gasteiger partial charge in [-0.05, 0) is 45.4 Å². The van der Waals surface area contributed by atoms with E-state index in [2.05, 4.69) is 5.32 Å². The number of aliphatic hydroxyl groups is 1. The van der Waals surface area contributed by atoms with Gasteiger partial charge < -0.3 is 29.9 Å². The summed E-state index contributed by atoms with van der Waals surface area (Å²) >= 11 is 0. The first kappa shape index (κ1) is 22.8. The van der Waals surface area contributed by atoms with Crippen LogP contribution in [-0.4, -0.2) is 65.6 Å². The summed E-state index contributed by atoms with van der Waals surface area (Å²) in [6.45, 7) is 9.36. The van der Waals surface area contributed by atoms with Crippen LogP contribution >= 0.6 is 0 Å². The number of carbonyl (C=O) groups is 2. The summed E-state index contributed by atoms with van der Waals surface area (Å²) in [7, 11) is 1.47. The number of hydrogen-bond acceptors (Lipinski definition) is 6. The molecule has 1 aliphatic heterocycles. The Morgan fingerprint density at radius 1 is 1.38 bits per heavy atom. The van der Waals surface area contributed by atoms with Crippen molar-refractivity contribution in [2.75, 3.05) is 26.7 Å². The fourth-order valence-electron chi connectivity index (χ4n) is 3.61. The molecule has 1 aromatic carbocycles. The molecule has 0 aromatic heterocycles. The van der Waals surface area contributed by atoms with Crippen LogP contribution in [-0.2, 0) is 9.53 Å². The summed E-state index contributed by atoms with van der Waals surface area (Å²) in [5.41, 5.74) is -0.447. The SMILES string of the molecule is COc1ccc(C2CN(C(=O)CNC(=O)OC(C)(C)C)CC2(C)C(C)O)cc1O. The summed E-state index contributed by atoms with van der Waals surface area (Å²) in [5, 5.41) is 23.1. The van der Waals surface area contributed by atoms with Crippen LogP contribution in [0.25, 0.3) is 0 Å². The standard InChI is InChI=1S/C21H32N2O6/c1-13(24)21(5)12-23(18(26)10-22-19(27)29-20(2,3)4)11-15(21)14-7-8-17(28-6)16(25)9-14/h7-9,13,15,24-25H,10-12H2,1-6H3,(H,22,27). The van der Waals surface area contributed by atoms with Gasteiger partial charge in [-0.1, -0.05) is 13.0 Å². The molecule has 1 saturated heterocycles. The molecule has 1 heterocycles. The Labute approximate surface area is 171 Å². The second kappa shape index (κ2) is 8.49. The molecule has 0 bridgehead atoms. The molecule has 0 radical (unpaired) electrons. The number of amides is 2. The van der Waals surface area contributed by atoms with E-state index in [0.29, 0.717) is 18.8 Å². The van der Waals surface area contributed by atoms with Gasteiger partial charge in [0.15, 0.2) is 11.5 Å². The molecule has 8 nitrogen and oxygen atoms in total. The molecule has 3 atom stereocenters. The molecule has 1 aromatic rings. The first-order valence-electron chi connectivity index (χ1n) is 9.67. The Morgan fingerprint density at radius 3 is 2.55 bits per heavy atom. The van der Waals surface area contributed by atoms with E-state index in [4.69, 9.17) is 9.47 Å². The molecule has 1 fully saturated rings. The minimum Gasteiger partial charge on any atom is -0.504 e. The van der Waals surface area contributed by atoms with Crippen molar-refractivity contribution in [3.05, 3.63) is 23.8 Å². The van der Waals surface area contributed by atoms with Gasteiger partial charge >= 0.3 is 6.09 Å². The number of nitrogens with zero attached hydrogens (tertiary/aromatic N) is 1. The third kappa shape index (κ3) is 5.32. The molecule has 0 saturated carbocycles. The van der Waals surface area contributed by atoms with Crippen LogP contribution < -0.4 is 10.1 Å². The molecule has 2 amide bonds. The number of phenols is 1. The first-order chi connectivity index (χ1) is 13.4. The Balaban J connectivity index is 2.14. The monoisotopic (exact) mass is 408 g/mol. The Morgan fingerprint density at radius 2 is 2.03 bits per heavy atom. The third-order valence-corrected chi connectivity index (χ3v) is 5.43. The van der Waals surface area contributed by atoms with Crippen molar-refractivity contribution in [3.63, 3.8) is 0 Å². The molecule has 162 valence electrons. The maximum Gasteiger partial charge on any atom is 0.408 e. The summed E-state index contributed by atoms with van der Waals surface area (Å²) in [4.78, 5) is 26.1. The Hall–Kier alpha value is -2.48. The van der Waals surface area contributed by atoms with Crippen molar-refractivity contribution in [2.24, 2.45) is 5.41 Å². The molecule has 29 heavy (non-hydrogen) atoms. The fraction of sp³-hybridized carbons (Fsp3) is 0.619. The molecule has 8 heteroatoms. The molecule has 0 spiro atoms. The summed E-state index contributed by atoms with van der Waals surface area (Å²) in [5.74, 6) is -0.0814. The van der Waals surface area contributed by atoms with E-state index < -0.39 is 23.2 Å². The van der Waals surface area contributed by atoms with E-state index in [1.807, 2.05) is 13.0 Å². The van der Waals surface area contributed by atoms with Crippen molar-refractivity contribution >= 4 is 12.0 Å². The third-order valence-electron chi connectivity index (χ3n) is 5.43. The van der Waals surface area contributed by atoms with E-state index >= 15 is 0 Å². The van der Waals surface area contributed by atoms with Crippen LogP contribution in [0.15, 0.2) is 18.2 Å². The van der Waals surface area contributed by atoms with Gasteiger partial charge in [0.25, 0.3) is 0 Å². The second-order valence-corrected chi connectivity index (χ2v) is 8.80. The quantitative estimate of drug-likeness (QED) is 0.690. The Bertz CT molecular complexity index is 758. The highest BCUT2D eigenvalue weighted by atomic mass is 16.6. The fourth-order valence-corrected chi connectivity index (χ4v) is 3.61. The molecule has 1 aliphatic rings. The van der Waals surface area contributed by atoms with Gasteiger partial charge in [-0.3, -0.25) is 4.79 Å². The highest BCUT2D eigenvalue weighted by molar-refractivity contribution is 5.82. The number of aromatic hydroxyl groups is 1. The maximum atomic E-state index is 12.7. The molecular weight excluding hydrogens is 376 g/mol. The van der Waals surface area contributed by atoms with Crippen LogP contribution in [0.5, 0.6) is 11.5 Å². The first-order valence-corrected chi connectivity index (χ1v) is 9.67. The van der Waals surface area contributed by atoms with E-state index in [1.54, 1.807) is 44.7 Å². The van der Waals surface area contributed by atoms with Crippen molar-refractivity contribution in [2.45, 2.75) is 52.2 Å². The largest absolute Gasteiger partial charge is 0.504 e. The number of likely N-dealkylation sites (tertiary alicyclic amines) is 1. The zero-order chi connectivity index (χ0) is 22.0. The number of phenolic OH excluding ortho intramolecular Hbond substituents is 1. The van der Waals surface area contributed by atoms with Gasteiger partial charge in [0.05, 0.1) is 13.2 Å². The van der Waals surface area contributed by atoms with Gasteiger partial charge in [0.1, 0.15) is 12.1 Å². The van der Waals surface area contributed by atoms with Crippen LogP contribution in [0.4, 0.5) is 4.79 Å². The normalized spacial score (nSPS) is 22.9. The molecule has 0 aliphatic carbocycles. The maximum absolute atomic E-state index is 12.7. The lowest BCUT2D eigenvalue weighted by molar-refractivity contribution is -0.129. The number of nitrogens with one attached hydrogen (secondary N) is 1. The molecule has 3 N–H and O–H groups in total. The highest BCUT2D eigenvalue weighted by Gasteiger charge is 2.48. The van der Waals surface area contributed by atoms with Crippen molar-refractivity contribution in [3.8, 4) is 11.5 Å². The van der Waals surface area contributed by atoms with Gasteiger partial charge in [-0.2, -0.15) is 0 Å². The summed E-state index contributed by atoms with van der Waals surface area (Å²) in [6.07, 6.45) is -1.34. The van der Waals surface area contributed by atoms with Gasteiger partial charge in [-0.25, -0.2) is 4.79 Å². The number of carbonyl (C=O) groups excluding carboxylic acids is 2. The predicted molar refractivity (Wildman–Crippen MR) is 108 cm³/mol. The van der Waals surface area contributed by atoms with E-state index in [0.717, 1.165) is 5.56 Å². The van der Waals surface area contributed by atoms with Gasteiger partial charge in [-0.15, -0.1) is 0 Å². The van der Waals surface area contributed by atoms with Crippen molar-refractivity contribution < 1.29 is 29.3 Å². The number of hydrogen-bond donors (Lipinski definition) is 3. The summed E-state index contributed by atoms with van der Waals surface area (Å²) < 4.78 is 10.2. The number of aliphatic hydroxyl groups excluding tert-OH is 1. The van der Waals surface area contributed by atoms with E-state index in [-0.39, 0.29) is 24.1 Å².